The maximum absolute atomic E-state index is 13.4. The monoisotopic (exact) mass is 515 g/mol. The molecule has 1 N–H and O–H groups in total. The second-order valence-corrected chi connectivity index (χ2v) is 11.3. The lowest BCUT2D eigenvalue weighted by molar-refractivity contribution is -0.141. The van der Waals surface area contributed by atoms with E-state index in [2.05, 4.69) is 5.32 Å². The van der Waals surface area contributed by atoms with Crippen molar-refractivity contribution in [2.24, 2.45) is 0 Å². The summed E-state index contributed by atoms with van der Waals surface area (Å²) in [5.41, 5.74) is 4.75. The van der Waals surface area contributed by atoms with Crippen LogP contribution >= 0.6 is 0 Å². The summed E-state index contributed by atoms with van der Waals surface area (Å²) in [7, 11) is -3.52. The zero-order chi connectivity index (χ0) is 26.9. The minimum atomic E-state index is -3.52. The third kappa shape index (κ3) is 8.36. The predicted octanol–water partition coefficient (Wildman–Crippen LogP) is 4.49. The number of carbonyl (C=O) groups is 2. The number of rotatable bonds is 13. The summed E-state index contributed by atoms with van der Waals surface area (Å²) in [6.45, 7) is 10.9. The molecule has 0 saturated heterocycles. The van der Waals surface area contributed by atoms with Crippen molar-refractivity contribution in [1.29, 1.82) is 0 Å². The van der Waals surface area contributed by atoms with Crippen molar-refractivity contribution >= 4 is 27.5 Å². The van der Waals surface area contributed by atoms with Gasteiger partial charge in [0.2, 0.25) is 21.8 Å². The molecule has 198 valence electrons. The highest BCUT2D eigenvalue weighted by molar-refractivity contribution is 7.92. The van der Waals surface area contributed by atoms with Gasteiger partial charge in [0.25, 0.3) is 0 Å². The van der Waals surface area contributed by atoms with Crippen LogP contribution in [0.1, 0.15) is 61.8 Å². The highest BCUT2D eigenvalue weighted by Gasteiger charge is 2.28. The van der Waals surface area contributed by atoms with Gasteiger partial charge in [0.1, 0.15) is 6.04 Å². The first-order valence-electron chi connectivity index (χ1n) is 12.7. The van der Waals surface area contributed by atoms with Gasteiger partial charge in [-0.25, -0.2) is 8.42 Å². The number of nitrogens with one attached hydrogen (secondary N) is 1. The van der Waals surface area contributed by atoms with Crippen LogP contribution in [-0.4, -0.2) is 50.5 Å². The zero-order valence-electron chi connectivity index (χ0n) is 22.5. The molecule has 0 bridgehead atoms. The summed E-state index contributed by atoms with van der Waals surface area (Å²) in [6, 6.07) is 12.9. The molecule has 0 heterocycles. The molecule has 0 fully saturated rings. The highest BCUT2D eigenvalue weighted by Crippen LogP contribution is 2.22. The average Bonchev–Trinajstić information content (AvgIpc) is 2.82. The van der Waals surface area contributed by atoms with Crippen LogP contribution in [-0.2, 0) is 26.2 Å². The van der Waals surface area contributed by atoms with Crippen LogP contribution in [0.4, 0.5) is 5.69 Å². The fourth-order valence-electron chi connectivity index (χ4n) is 4.06. The molecule has 2 amide bonds. The van der Waals surface area contributed by atoms with Crippen molar-refractivity contribution in [3.63, 3.8) is 0 Å². The number of carbonyl (C=O) groups excluding carboxylic acids is 2. The van der Waals surface area contributed by atoms with Crippen LogP contribution in [0.5, 0.6) is 0 Å². The maximum atomic E-state index is 13.4. The first kappa shape index (κ1) is 29.4. The van der Waals surface area contributed by atoms with Crippen LogP contribution in [0.2, 0.25) is 0 Å². The van der Waals surface area contributed by atoms with Crippen LogP contribution in [0.25, 0.3) is 0 Å². The SMILES string of the molecule is CCCNC(=O)[C@@H](CC)N(Cc1ccc(C)cc1)C(=O)CCCN(c1ccc(C)c(C)c1)S(C)(=O)=O. The molecule has 2 rings (SSSR count). The summed E-state index contributed by atoms with van der Waals surface area (Å²) < 4.78 is 26.4. The molecule has 2 aromatic carbocycles. The van der Waals surface area contributed by atoms with E-state index in [4.69, 9.17) is 0 Å². The fourth-order valence-corrected chi connectivity index (χ4v) is 5.02. The normalized spacial score (nSPS) is 12.2. The minimum absolute atomic E-state index is 0.139. The molecule has 2 aromatic rings. The summed E-state index contributed by atoms with van der Waals surface area (Å²) in [5.74, 6) is -0.324. The van der Waals surface area contributed by atoms with Gasteiger partial charge in [-0.15, -0.1) is 0 Å². The average molecular weight is 516 g/mol. The molecule has 0 aromatic heterocycles. The second kappa shape index (κ2) is 13.4. The topological polar surface area (TPSA) is 86.8 Å². The van der Waals surface area contributed by atoms with Gasteiger partial charge in [0.15, 0.2) is 0 Å². The largest absolute Gasteiger partial charge is 0.354 e. The van der Waals surface area contributed by atoms with Crippen LogP contribution in [0.3, 0.4) is 0 Å². The van der Waals surface area contributed by atoms with Crippen LogP contribution in [0.15, 0.2) is 42.5 Å². The molecule has 0 spiro atoms. The lowest BCUT2D eigenvalue weighted by Gasteiger charge is -2.31. The summed E-state index contributed by atoms with van der Waals surface area (Å²) >= 11 is 0. The Morgan fingerprint density at radius 3 is 2.19 bits per heavy atom. The Kier molecular flexibility index (Phi) is 11.0. The van der Waals surface area contributed by atoms with E-state index in [-0.39, 0.29) is 24.8 Å². The van der Waals surface area contributed by atoms with E-state index < -0.39 is 16.1 Å². The molecule has 36 heavy (non-hydrogen) atoms. The number of amides is 2. The number of benzene rings is 2. The number of nitrogens with zero attached hydrogens (tertiary/aromatic N) is 2. The van der Waals surface area contributed by atoms with E-state index in [1.165, 1.54) is 10.6 Å². The van der Waals surface area contributed by atoms with Crippen molar-refractivity contribution in [1.82, 2.24) is 10.2 Å². The van der Waals surface area contributed by atoms with Gasteiger partial charge in [-0.3, -0.25) is 13.9 Å². The smallest absolute Gasteiger partial charge is 0.242 e. The fraction of sp³-hybridized carbons (Fsp3) is 0.500. The van der Waals surface area contributed by atoms with Gasteiger partial charge in [-0.1, -0.05) is 49.7 Å². The van der Waals surface area contributed by atoms with E-state index in [1.807, 2.05) is 71.0 Å². The molecule has 7 nitrogen and oxygen atoms in total. The third-order valence-electron chi connectivity index (χ3n) is 6.34. The molecule has 0 aliphatic rings. The highest BCUT2D eigenvalue weighted by atomic mass is 32.2. The van der Waals surface area contributed by atoms with Gasteiger partial charge in [0, 0.05) is 26.1 Å². The lowest BCUT2D eigenvalue weighted by Crippen LogP contribution is -2.49. The zero-order valence-corrected chi connectivity index (χ0v) is 23.3. The number of aryl methyl sites for hydroxylation is 3. The van der Waals surface area contributed by atoms with Crippen LogP contribution in [0, 0.1) is 20.8 Å². The van der Waals surface area contributed by atoms with Crippen molar-refractivity contribution in [3.8, 4) is 0 Å². The van der Waals surface area contributed by atoms with Crippen LogP contribution < -0.4 is 9.62 Å². The van der Waals surface area contributed by atoms with E-state index in [1.54, 1.807) is 11.0 Å². The number of hydrogen-bond acceptors (Lipinski definition) is 4. The molecule has 0 unspecified atom stereocenters. The third-order valence-corrected chi connectivity index (χ3v) is 7.53. The summed E-state index contributed by atoms with van der Waals surface area (Å²) in [4.78, 5) is 28.0. The Balaban J connectivity index is 2.21. The van der Waals surface area contributed by atoms with E-state index >= 15 is 0 Å². The minimum Gasteiger partial charge on any atom is -0.354 e. The quantitative estimate of drug-likeness (QED) is 0.426. The second-order valence-electron chi connectivity index (χ2n) is 9.43. The number of hydrogen-bond donors (Lipinski definition) is 1. The van der Waals surface area contributed by atoms with Gasteiger partial charge < -0.3 is 10.2 Å². The Bertz CT molecular complexity index is 1130. The van der Waals surface area contributed by atoms with Gasteiger partial charge >= 0.3 is 0 Å². The molecule has 8 heteroatoms. The van der Waals surface area contributed by atoms with Crippen molar-refractivity contribution in [2.75, 3.05) is 23.7 Å². The van der Waals surface area contributed by atoms with E-state index in [9.17, 15) is 18.0 Å². The summed E-state index contributed by atoms with van der Waals surface area (Å²) in [6.07, 6.45) is 2.97. The molecule has 0 saturated carbocycles. The Morgan fingerprint density at radius 2 is 1.64 bits per heavy atom. The van der Waals surface area contributed by atoms with E-state index in [0.717, 1.165) is 28.7 Å². The Morgan fingerprint density at radius 1 is 0.972 bits per heavy atom. The number of anilines is 1. The maximum Gasteiger partial charge on any atom is 0.242 e. The first-order valence-corrected chi connectivity index (χ1v) is 14.5. The number of sulfonamides is 1. The summed E-state index contributed by atoms with van der Waals surface area (Å²) in [5, 5.41) is 2.92. The molecule has 0 aliphatic heterocycles. The first-order chi connectivity index (χ1) is 17.0. The van der Waals surface area contributed by atoms with E-state index in [0.29, 0.717) is 31.6 Å². The molecule has 0 radical (unpaired) electrons. The van der Waals surface area contributed by atoms with Gasteiger partial charge in [-0.2, -0.15) is 0 Å². The van der Waals surface area contributed by atoms with Crippen molar-refractivity contribution < 1.29 is 18.0 Å². The molecular weight excluding hydrogens is 474 g/mol. The lowest BCUT2D eigenvalue weighted by atomic mass is 10.1. The van der Waals surface area contributed by atoms with Crippen molar-refractivity contribution in [3.05, 3.63) is 64.7 Å². The predicted molar refractivity (Wildman–Crippen MR) is 146 cm³/mol. The standard InChI is InChI=1S/C28H41N3O4S/c1-7-17-29-28(33)26(8-2)30(20-24-14-11-21(3)12-15-24)27(32)10-9-18-31(36(6,34)35)25-16-13-22(4)23(5)19-25/h11-16,19,26H,7-10,17-18,20H2,1-6H3,(H,29,33)/t26-/m1/s1. The Labute approximate surface area is 216 Å². The molecule has 0 aliphatic carbocycles. The Hall–Kier alpha value is -2.87. The van der Waals surface area contributed by atoms with Crippen molar-refractivity contribution in [2.45, 2.75) is 72.9 Å². The van der Waals surface area contributed by atoms with Gasteiger partial charge in [-0.05, 0) is 68.9 Å². The van der Waals surface area contributed by atoms with Gasteiger partial charge in [0.05, 0.1) is 11.9 Å². The molecule has 1 atom stereocenters. The molecular formula is C28H41N3O4S.